The van der Waals surface area contributed by atoms with Crippen LogP contribution < -0.4 is 5.73 Å². The van der Waals surface area contributed by atoms with E-state index in [0.29, 0.717) is 0 Å². The number of nitrogens with two attached hydrogens (primary N) is 1. The fraction of sp³-hybridized carbons (Fsp3) is 0.500. The van der Waals surface area contributed by atoms with Crippen LogP contribution in [0.4, 0.5) is 0 Å². The Labute approximate surface area is 137 Å². The van der Waals surface area contributed by atoms with Gasteiger partial charge in [-0.2, -0.15) is 11.8 Å². The van der Waals surface area contributed by atoms with Crippen molar-refractivity contribution in [2.75, 3.05) is 31.1 Å². The molecule has 0 amide bonds. The van der Waals surface area contributed by atoms with E-state index < -0.39 is 0 Å². The molecule has 1 saturated heterocycles. The number of halogens is 1. The molecule has 0 aromatic heterocycles. The van der Waals surface area contributed by atoms with Gasteiger partial charge in [0.25, 0.3) is 0 Å². The molecular weight excluding hydrogens is 369 g/mol. The van der Waals surface area contributed by atoms with Gasteiger partial charge in [-0.05, 0) is 18.4 Å². The minimum Gasteiger partial charge on any atom is -0.370 e. The summed E-state index contributed by atoms with van der Waals surface area (Å²) < 4.78 is 0. The lowest BCUT2D eigenvalue weighted by Crippen LogP contribution is -2.42. The van der Waals surface area contributed by atoms with Crippen LogP contribution in [0.25, 0.3) is 0 Å². The molecule has 3 nitrogen and oxygen atoms in total. The molecule has 0 atom stereocenters. The quantitative estimate of drug-likeness (QED) is 0.371. The molecule has 5 heteroatoms. The van der Waals surface area contributed by atoms with Gasteiger partial charge in [-0.3, -0.25) is 4.99 Å². The lowest BCUT2D eigenvalue weighted by atomic mass is 10.1. The molecule has 2 rings (SSSR count). The highest BCUT2D eigenvalue weighted by molar-refractivity contribution is 14.0. The van der Waals surface area contributed by atoms with Crippen LogP contribution in [0.1, 0.15) is 12.0 Å². The van der Waals surface area contributed by atoms with Crippen molar-refractivity contribution in [1.29, 1.82) is 0 Å². The number of guanidine groups is 1. The topological polar surface area (TPSA) is 41.6 Å². The lowest BCUT2D eigenvalue weighted by molar-refractivity contribution is 0.455. The largest absolute Gasteiger partial charge is 0.370 e. The molecule has 106 valence electrons. The molecule has 0 spiro atoms. The van der Waals surface area contributed by atoms with E-state index in [1.165, 1.54) is 17.1 Å². The van der Waals surface area contributed by atoms with Gasteiger partial charge in [0.15, 0.2) is 5.96 Å². The first-order valence-electron chi connectivity index (χ1n) is 6.53. The summed E-state index contributed by atoms with van der Waals surface area (Å²) in [5, 5.41) is 0. The first-order chi connectivity index (χ1) is 8.86. The fourth-order valence-electron chi connectivity index (χ4n) is 2.01. The smallest absolute Gasteiger partial charge is 0.191 e. The predicted octanol–water partition coefficient (Wildman–Crippen LogP) is 2.60. The number of thioether (sulfide) groups is 1. The highest BCUT2D eigenvalue weighted by atomic mass is 127. The van der Waals surface area contributed by atoms with Crippen LogP contribution in [0, 0.1) is 0 Å². The Morgan fingerprint density at radius 2 is 1.89 bits per heavy atom. The first kappa shape index (κ1) is 16.6. The van der Waals surface area contributed by atoms with Crippen molar-refractivity contribution in [3.63, 3.8) is 0 Å². The Morgan fingerprint density at radius 1 is 1.21 bits per heavy atom. The van der Waals surface area contributed by atoms with E-state index in [0.717, 1.165) is 38.4 Å². The zero-order valence-corrected chi connectivity index (χ0v) is 14.3. The number of nitrogens with zero attached hydrogens (tertiary/aromatic N) is 2. The molecule has 2 N–H and O–H groups in total. The minimum absolute atomic E-state index is 0. The van der Waals surface area contributed by atoms with Crippen LogP contribution in [0.15, 0.2) is 35.3 Å². The van der Waals surface area contributed by atoms with E-state index in [9.17, 15) is 0 Å². The highest BCUT2D eigenvalue weighted by Crippen LogP contribution is 2.08. The standard InChI is InChI=1S/C14H21N3S.HI/c15-14(17-9-11-18-12-10-17)16-8-4-7-13-5-2-1-3-6-13;/h1-3,5-6H,4,7-12H2,(H2,15,16);1H. The Kier molecular flexibility index (Phi) is 8.29. The van der Waals surface area contributed by atoms with Gasteiger partial charge in [0.1, 0.15) is 0 Å². The Morgan fingerprint density at radius 3 is 2.58 bits per heavy atom. The van der Waals surface area contributed by atoms with E-state index in [1.54, 1.807) is 0 Å². The third-order valence-corrected chi connectivity index (χ3v) is 4.02. The molecule has 1 fully saturated rings. The summed E-state index contributed by atoms with van der Waals surface area (Å²) in [5.41, 5.74) is 7.37. The summed E-state index contributed by atoms with van der Waals surface area (Å²) in [5.74, 6) is 3.06. The van der Waals surface area contributed by atoms with Crippen molar-refractivity contribution in [3.8, 4) is 0 Å². The van der Waals surface area contributed by atoms with Crippen molar-refractivity contribution < 1.29 is 0 Å². The van der Waals surface area contributed by atoms with E-state index >= 15 is 0 Å². The molecule has 0 radical (unpaired) electrons. The summed E-state index contributed by atoms with van der Waals surface area (Å²) in [6.07, 6.45) is 2.14. The maximum absolute atomic E-state index is 5.99. The number of hydrogen-bond donors (Lipinski definition) is 1. The van der Waals surface area contributed by atoms with Crippen LogP contribution in [-0.2, 0) is 6.42 Å². The zero-order valence-electron chi connectivity index (χ0n) is 11.1. The van der Waals surface area contributed by atoms with E-state index in [1.807, 2.05) is 17.8 Å². The van der Waals surface area contributed by atoms with Crippen molar-refractivity contribution in [2.24, 2.45) is 10.7 Å². The second-order valence-electron chi connectivity index (χ2n) is 4.43. The van der Waals surface area contributed by atoms with Crippen LogP contribution in [0.2, 0.25) is 0 Å². The Hall–Kier alpha value is -0.430. The summed E-state index contributed by atoms with van der Waals surface area (Å²) in [7, 11) is 0. The predicted molar refractivity (Wildman–Crippen MR) is 95.6 cm³/mol. The van der Waals surface area contributed by atoms with Crippen molar-refractivity contribution >= 4 is 41.7 Å². The monoisotopic (exact) mass is 391 g/mol. The second-order valence-corrected chi connectivity index (χ2v) is 5.65. The lowest BCUT2D eigenvalue weighted by Gasteiger charge is -2.27. The minimum atomic E-state index is 0. The molecule has 1 aromatic rings. The third-order valence-electron chi connectivity index (χ3n) is 3.08. The van der Waals surface area contributed by atoms with E-state index in [4.69, 9.17) is 5.73 Å². The van der Waals surface area contributed by atoms with Gasteiger partial charge in [-0.15, -0.1) is 24.0 Å². The molecule has 0 bridgehead atoms. The van der Waals surface area contributed by atoms with Crippen molar-refractivity contribution in [1.82, 2.24) is 4.90 Å². The van der Waals surface area contributed by atoms with Gasteiger partial charge in [-0.1, -0.05) is 30.3 Å². The highest BCUT2D eigenvalue weighted by Gasteiger charge is 2.11. The van der Waals surface area contributed by atoms with Crippen LogP contribution in [-0.4, -0.2) is 42.0 Å². The molecule has 1 aliphatic rings. The normalized spacial score (nSPS) is 16.0. The molecule has 19 heavy (non-hydrogen) atoms. The average Bonchev–Trinajstić information content (AvgIpc) is 2.45. The number of hydrogen-bond acceptors (Lipinski definition) is 2. The van der Waals surface area contributed by atoms with E-state index in [2.05, 4.69) is 34.2 Å². The summed E-state index contributed by atoms with van der Waals surface area (Å²) in [4.78, 5) is 6.67. The molecule has 0 aliphatic carbocycles. The fourth-order valence-corrected chi connectivity index (χ4v) is 2.92. The molecule has 1 aromatic carbocycles. The molecule has 0 saturated carbocycles. The average molecular weight is 391 g/mol. The van der Waals surface area contributed by atoms with Gasteiger partial charge >= 0.3 is 0 Å². The number of aryl methyl sites for hydroxylation is 1. The van der Waals surface area contributed by atoms with Crippen LogP contribution in [0.3, 0.4) is 0 Å². The van der Waals surface area contributed by atoms with Gasteiger partial charge < -0.3 is 10.6 Å². The maximum atomic E-state index is 5.99. The maximum Gasteiger partial charge on any atom is 0.191 e. The zero-order chi connectivity index (χ0) is 12.6. The van der Waals surface area contributed by atoms with Gasteiger partial charge in [0, 0.05) is 31.1 Å². The Bertz CT molecular complexity index is 378. The van der Waals surface area contributed by atoms with Crippen LogP contribution in [0.5, 0.6) is 0 Å². The summed E-state index contributed by atoms with van der Waals surface area (Å²) in [6.45, 7) is 2.90. The van der Waals surface area contributed by atoms with Crippen molar-refractivity contribution in [3.05, 3.63) is 35.9 Å². The molecule has 1 heterocycles. The third kappa shape index (κ3) is 6.03. The van der Waals surface area contributed by atoms with Crippen molar-refractivity contribution in [2.45, 2.75) is 12.8 Å². The van der Waals surface area contributed by atoms with Gasteiger partial charge in [0.2, 0.25) is 0 Å². The molecule has 0 unspecified atom stereocenters. The first-order valence-corrected chi connectivity index (χ1v) is 7.68. The second kappa shape index (κ2) is 9.47. The number of aliphatic imine (C=N–C) groups is 1. The molecular formula is C14H22IN3S. The van der Waals surface area contributed by atoms with Crippen LogP contribution >= 0.6 is 35.7 Å². The Balaban J connectivity index is 0.00000180. The molecule has 1 aliphatic heterocycles. The number of rotatable bonds is 4. The summed E-state index contributed by atoms with van der Waals surface area (Å²) >= 11 is 1.99. The van der Waals surface area contributed by atoms with E-state index in [-0.39, 0.29) is 24.0 Å². The summed E-state index contributed by atoms with van der Waals surface area (Å²) in [6, 6.07) is 10.5. The number of benzene rings is 1. The van der Waals surface area contributed by atoms with Gasteiger partial charge in [-0.25, -0.2) is 0 Å². The van der Waals surface area contributed by atoms with Gasteiger partial charge in [0.05, 0.1) is 0 Å². The SMILES string of the molecule is I.NC(=NCCCc1ccccc1)N1CCSCC1.